The first-order valence-corrected chi connectivity index (χ1v) is 7.54. The van der Waals surface area contributed by atoms with E-state index >= 15 is 0 Å². The minimum Gasteiger partial charge on any atom is -0.303 e. The summed E-state index contributed by atoms with van der Waals surface area (Å²) >= 11 is 0. The first kappa shape index (κ1) is 15.5. The molecule has 0 aromatic carbocycles. The molecule has 1 atom stereocenters. The first-order valence-electron chi connectivity index (χ1n) is 7.54. The molecule has 0 bridgehead atoms. The van der Waals surface area contributed by atoms with Gasteiger partial charge in [-0.15, -0.1) is 0 Å². The van der Waals surface area contributed by atoms with Crippen molar-refractivity contribution in [3.8, 4) is 6.07 Å². The summed E-state index contributed by atoms with van der Waals surface area (Å²) in [6.45, 7) is 6.28. The Bertz CT molecular complexity index is 251. The lowest BCUT2D eigenvalue weighted by atomic mass is 9.84. The number of nitriles is 1. The van der Waals surface area contributed by atoms with Crippen molar-refractivity contribution in [1.82, 2.24) is 10.2 Å². The summed E-state index contributed by atoms with van der Waals surface area (Å²) in [4.78, 5) is 2.47. The quantitative estimate of drug-likeness (QED) is 0.756. The van der Waals surface area contributed by atoms with Gasteiger partial charge < -0.3 is 10.2 Å². The zero-order valence-electron chi connectivity index (χ0n) is 12.3. The highest BCUT2D eigenvalue weighted by molar-refractivity contribution is 4.90. The molecular formula is C15H29N3. The molecule has 0 aliphatic heterocycles. The zero-order chi connectivity index (χ0) is 13.4. The van der Waals surface area contributed by atoms with Crippen LogP contribution >= 0.6 is 0 Å². The molecule has 1 N–H and O–H groups in total. The smallest absolute Gasteiger partial charge is 0.0965 e. The van der Waals surface area contributed by atoms with E-state index in [1.54, 1.807) is 0 Å². The number of nitrogens with one attached hydrogen (secondary N) is 1. The molecule has 104 valence electrons. The fraction of sp³-hybridized carbons (Fsp3) is 0.933. The van der Waals surface area contributed by atoms with Crippen LogP contribution in [0.25, 0.3) is 0 Å². The van der Waals surface area contributed by atoms with Crippen LogP contribution in [0.3, 0.4) is 0 Å². The summed E-state index contributed by atoms with van der Waals surface area (Å²) in [6.07, 6.45) is 7.74. The van der Waals surface area contributed by atoms with Gasteiger partial charge in [0, 0.05) is 12.6 Å². The number of nitrogens with zero attached hydrogens (tertiary/aromatic N) is 2. The van der Waals surface area contributed by atoms with Gasteiger partial charge in [0.25, 0.3) is 0 Å². The lowest BCUT2D eigenvalue weighted by Crippen LogP contribution is -2.38. The van der Waals surface area contributed by atoms with Crippen molar-refractivity contribution in [2.75, 3.05) is 20.1 Å². The van der Waals surface area contributed by atoms with Crippen LogP contribution in [-0.4, -0.2) is 37.1 Å². The topological polar surface area (TPSA) is 39.1 Å². The second kappa shape index (κ2) is 8.50. The van der Waals surface area contributed by atoms with E-state index in [4.69, 9.17) is 5.26 Å². The van der Waals surface area contributed by atoms with Crippen LogP contribution in [0.5, 0.6) is 0 Å². The van der Waals surface area contributed by atoms with Gasteiger partial charge in [-0.25, -0.2) is 0 Å². The van der Waals surface area contributed by atoms with Gasteiger partial charge in [0.05, 0.1) is 12.1 Å². The SMILES string of the molecule is CCNC(C#N)CCN(C)C1CCC(CC)CC1. The molecule has 1 fully saturated rings. The molecule has 3 heteroatoms. The highest BCUT2D eigenvalue weighted by Gasteiger charge is 2.23. The summed E-state index contributed by atoms with van der Waals surface area (Å²) in [5.74, 6) is 0.961. The molecule has 0 heterocycles. The molecule has 1 rings (SSSR count). The van der Waals surface area contributed by atoms with Crippen molar-refractivity contribution in [2.24, 2.45) is 5.92 Å². The van der Waals surface area contributed by atoms with Crippen molar-refractivity contribution in [1.29, 1.82) is 5.26 Å². The normalized spacial score (nSPS) is 25.9. The number of hydrogen-bond acceptors (Lipinski definition) is 3. The molecule has 0 amide bonds. The molecule has 18 heavy (non-hydrogen) atoms. The number of rotatable bonds is 7. The highest BCUT2D eigenvalue weighted by Crippen LogP contribution is 2.28. The van der Waals surface area contributed by atoms with E-state index in [-0.39, 0.29) is 6.04 Å². The maximum Gasteiger partial charge on any atom is 0.0965 e. The van der Waals surface area contributed by atoms with Gasteiger partial charge in [-0.2, -0.15) is 5.26 Å². The second-order valence-electron chi connectivity index (χ2n) is 5.59. The fourth-order valence-corrected chi connectivity index (χ4v) is 2.97. The average Bonchev–Trinajstić information content (AvgIpc) is 2.43. The van der Waals surface area contributed by atoms with Crippen LogP contribution in [0.15, 0.2) is 0 Å². The van der Waals surface area contributed by atoms with Gasteiger partial charge in [0.1, 0.15) is 0 Å². The summed E-state index contributed by atoms with van der Waals surface area (Å²) in [6, 6.07) is 3.10. The van der Waals surface area contributed by atoms with E-state index in [9.17, 15) is 0 Å². The van der Waals surface area contributed by atoms with Crippen molar-refractivity contribution >= 4 is 0 Å². The maximum absolute atomic E-state index is 9.02. The molecule has 0 aromatic heterocycles. The van der Waals surface area contributed by atoms with Gasteiger partial charge in [-0.1, -0.05) is 20.3 Å². The number of hydrogen-bond donors (Lipinski definition) is 1. The Hall–Kier alpha value is -0.590. The average molecular weight is 251 g/mol. The van der Waals surface area contributed by atoms with Crippen LogP contribution in [0.2, 0.25) is 0 Å². The van der Waals surface area contributed by atoms with Crippen LogP contribution in [0, 0.1) is 17.2 Å². The third-order valence-electron chi connectivity index (χ3n) is 4.39. The lowest BCUT2D eigenvalue weighted by molar-refractivity contribution is 0.160. The van der Waals surface area contributed by atoms with Gasteiger partial charge in [-0.3, -0.25) is 0 Å². The summed E-state index contributed by atoms with van der Waals surface area (Å²) in [5.41, 5.74) is 0. The van der Waals surface area contributed by atoms with E-state index < -0.39 is 0 Å². The standard InChI is InChI=1S/C15H29N3/c1-4-13-6-8-15(9-7-13)18(3)11-10-14(12-16)17-5-2/h13-15,17H,4-11H2,1-3H3. The van der Waals surface area contributed by atoms with Crippen molar-refractivity contribution < 1.29 is 0 Å². The minimum absolute atomic E-state index is 0.0180. The van der Waals surface area contributed by atoms with Crippen molar-refractivity contribution in [3.05, 3.63) is 0 Å². The first-order chi connectivity index (χ1) is 8.71. The Morgan fingerprint density at radius 1 is 1.28 bits per heavy atom. The van der Waals surface area contributed by atoms with Gasteiger partial charge in [0.15, 0.2) is 0 Å². The third kappa shape index (κ3) is 4.96. The predicted molar refractivity (Wildman–Crippen MR) is 76.4 cm³/mol. The Balaban J connectivity index is 2.24. The molecule has 0 saturated heterocycles. The monoisotopic (exact) mass is 251 g/mol. The van der Waals surface area contributed by atoms with Crippen LogP contribution in [-0.2, 0) is 0 Å². The van der Waals surface area contributed by atoms with Gasteiger partial charge >= 0.3 is 0 Å². The Morgan fingerprint density at radius 3 is 2.44 bits per heavy atom. The molecule has 0 radical (unpaired) electrons. The largest absolute Gasteiger partial charge is 0.303 e. The molecule has 1 aliphatic carbocycles. The molecule has 3 nitrogen and oxygen atoms in total. The van der Waals surface area contributed by atoms with E-state index in [1.807, 2.05) is 0 Å². The maximum atomic E-state index is 9.02. The van der Waals surface area contributed by atoms with Crippen LogP contribution in [0.1, 0.15) is 52.4 Å². The van der Waals surface area contributed by atoms with Crippen molar-refractivity contribution in [3.63, 3.8) is 0 Å². The van der Waals surface area contributed by atoms with Gasteiger partial charge in [-0.05, 0) is 51.6 Å². The van der Waals surface area contributed by atoms with E-state index in [0.29, 0.717) is 0 Å². The predicted octanol–water partition coefficient (Wildman–Crippen LogP) is 2.78. The molecule has 0 spiro atoms. The Kier molecular flexibility index (Phi) is 7.31. The molecular weight excluding hydrogens is 222 g/mol. The fourth-order valence-electron chi connectivity index (χ4n) is 2.97. The minimum atomic E-state index is 0.0180. The summed E-state index contributed by atoms with van der Waals surface area (Å²) < 4.78 is 0. The molecule has 1 saturated carbocycles. The Labute approximate surface area is 113 Å². The third-order valence-corrected chi connectivity index (χ3v) is 4.39. The van der Waals surface area contributed by atoms with E-state index in [2.05, 4.69) is 37.2 Å². The highest BCUT2D eigenvalue weighted by atomic mass is 15.1. The van der Waals surface area contributed by atoms with E-state index in [0.717, 1.165) is 31.5 Å². The lowest BCUT2D eigenvalue weighted by Gasteiger charge is -2.34. The summed E-state index contributed by atoms with van der Waals surface area (Å²) in [5, 5.41) is 12.2. The van der Waals surface area contributed by atoms with Crippen LogP contribution in [0.4, 0.5) is 0 Å². The Morgan fingerprint density at radius 2 is 1.94 bits per heavy atom. The second-order valence-corrected chi connectivity index (χ2v) is 5.59. The zero-order valence-corrected chi connectivity index (χ0v) is 12.3. The molecule has 0 aromatic rings. The van der Waals surface area contributed by atoms with E-state index in [1.165, 1.54) is 32.1 Å². The van der Waals surface area contributed by atoms with Crippen molar-refractivity contribution in [2.45, 2.75) is 64.5 Å². The van der Waals surface area contributed by atoms with Crippen LogP contribution < -0.4 is 5.32 Å². The molecule has 1 unspecified atom stereocenters. The summed E-state index contributed by atoms with van der Waals surface area (Å²) in [7, 11) is 2.22. The van der Waals surface area contributed by atoms with Gasteiger partial charge in [0.2, 0.25) is 0 Å². The molecule has 1 aliphatic rings.